The molecule has 1 aromatic carbocycles. The standard InChI is InChI=1S/C19H28N2O2S/c1-14-12-17(24-16-7-3-2-4-8-16)9-10-18(14)20-19(23)21-11-5-6-15(21)13-22/h9-10,12,15-16,22H,2-8,11,13H2,1H3,(H,20,23)/t15-/m1/s1. The number of hydrogen-bond donors (Lipinski definition) is 2. The van der Waals surface area contributed by atoms with Gasteiger partial charge in [0.05, 0.1) is 12.6 Å². The summed E-state index contributed by atoms with van der Waals surface area (Å²) in [6, 6.07) is 6.19. The fourth-order valence-electron chi connectivity index (χ4n) is 3.71. The van der Waals surface area contributed by atoms with Gasteiger partial charge in [0.2, 0.25) is 0 Å². The van der Waals surface area contributed by atoms with Gasteiger partial charge >= 0.3 is 6.03 Å². The maximum Gasteiger partial charge on any atom is 0.322 e. The van der Waals surface area contributed by atoms with Crippen molar-refractivity contribution in [2.24, 2.45) is 0 Å². The summed E-state index contributed by atoms with van der Waals surface area (Å²) in [6.07, 6.45) is 8.58. The number of anilines is 1. The Morgan fingerprint density at radius 1 is 1.25 bits per heavy atom. The molecule has 1 aliphatic heterocycles. The van der Waals surface area contributed by atoms with Crippen LogP contribution in [0.1, 0.15) is 50.5 Å². The van der Waals surface area contributed by atoms with Crippen molar-refractivity contribution < 1.29 is 9.90 Å². The Kier molecular flexibility index (Phi) is 6.06. The minimum absolute atomic E-state index is 0.0357. The molecule has 1 aliphatic carbocycles. The van der Waals surface area contributed by atoms with Gasteiger partial charge in [-0.3, -0.25) is 0 Å². The predicted molar refractivity (Wildman–Crippen MR) is 99.7 cm³/mol. The van der Waals surface area contributed by atoms with E-state index in [-0.39, 0.29) is 18.7 Å². The first-order valence-electron chi connectivity index (χ1n) is 9.13. The van der Waals surface area contributed by atoms with Gasteiger partial charge in [0.15, 0.2) is 0 Å². The number of nitrogens with zero attached hydrogens (tertiary/aromatic N) is 1. The number of rotatable bonds is 4. The molecular weight excluding hydrogens is 320 g/mol. The van der Waals surface area contributed by atoms with E-state index in [0.29, 0.717) is 0 Å². The van der Waals surface area contributed by atoms with Gasteiger partial charge in [0.25, 0.3) is 0 Å². The first-order valence-corrected chi connectivity index (χ1v) is 10.0. The third-order valence-electron chi connectivity index (χ3n) is 5.14. The Balaban J connectivity index is 1.61. The summed E-state index contributed by atoms with van der Waals surface area (Å²) < 4.78 is 0. The Bertz CT molecular complexity index is 572. The van der Waals surface area contributed by atoms with E-state index in [9.17, 15) is 9.90 Å². The maximum absolute atomic E-state index is 12.4. The van der Waals surface area contributed by atoms with E-state index >= 15 is 0 Å². The minimum atomic E-state index is -0.0951. The van der Waals surface area contributed by atoms with Gasteiger partial charge < -0.3 is 15.3 Å². The monoisotopic (exact) mass is 348 g/mol. The molecule has 3 rings (SSSR count). The van der Waals surface area contributed by atoms with Gasteiger partial charge in [-0.2, -0.15) is 0 Å². The Labute approximate surface area is 149 Å². The molecule has 2 N–H and O–H groups in total. The first-order chi connectivity index (χ1) is 11.7. The zero-order chi connectivity index (χ0) is 16.9. The molecule has 4 nitrogen and oxygen atoms in total. The number of nitrogens with one attached hydrogen (secondary N) is 1. The van der Waals surface area contributed by atoms with E-state index in [1.807, 2.05) is 24.8 Å². The van der Waals surface area contributed by atoms with Crippen LogP contribution in [0.3, 0.4) is 0 Å². The Hall–Kier alpha value is -1.20. The van der Waals surface area contributed by atoms with Crippen LogP contribution >= 0.6 is 11.8 Å². The van der Waals surface area contributed by atoms with Crippen LogP contribution in [-0.2, 0) is 0 Å². The Morgan fingerprint density at radius 2 is 2.04 bits per heavy atom. The van der Waals surface area contributed by atoms with Crippen molar-refractivity contribution in [3.63, 3.8) is 0 Å². The van der Waals surface area contributed by atoms with Gasteiger partial charge in [-0.15, -0.1) is 11.8 Å². The lowest BCUT2D eigenvalue weighted by molar-refractivity contribution is 0.166. The molecule has 1 saturated heterocycles. The van der Waals surface area contributed by atoms with Crippen LogP contribution in [0.15, 0.2) is 23.1 Å². The summed E-state index contributed by atoms with van der Waals surface area (Å²) >= 11 is 1.98. The van der Waals surface area contributed by atoms with Gasteiger partial charge in [-0.25, -0.2) is 4.79 Å². The maximum atomic E-state index is 12.4. The highest BCUT2D eigenvalue weighted by molar-refractivity contribution is 8.00. The number of benzene rings is 1. The molecule has 1 heterocycles. The lowest BCUT2D eigenvalue weighted by Gasteiger charge is -2.24. The van der Waals surface area contributed by atoms with Crippen LogP contribution in [0, 0.1) is 6.92 Å². The highest BCUT2D eigenvalue weighted by Gasteiger charge is 2.28. The summed E-state index contributed by atoms with van der Waals surface area (Å²) in [6.45, 7) is 2.82. The average Bonchev–Trinajstić information content (AvgIpc) is 3.07. The van der Waals surface area contributed by atoms with Gasteiger partial charge in [-0.05, 0) is 56.4 Å². The second-order valence-electron chi connectivity index (χ2n) is 6.96. The van der Waals surface area contributed by atoms with Crippen molar-refractivity contribution in [3.05, 3.63) is 23.8 Å². The van der Waals surface area contributed by atoms with Crippen molar-refractivity contribution in [2.75, 3.05) is 18.5 Å². The normalized spacial score (nSPS) is 21.9. The molecule has 0 bridgehead atoms. The summed E-state index contributed by atoms with van der Waals surface area (Å²) in [7, 11) is 0. The lowest BCUT2D eigenvalue weighted by Crippen LogP contribution is -2.40. The average molecular weight is 349 g/mol. The van der Waals surface area contributed by atoms with E-state index in [1.165, 1.54) is 37.0 Å². The summed E-state index contributed by atoms with van der Waals surface area (Å²) in [5.41, 5.74) is 1.97. The highest BCUT2D eigenvalue weighted by Crippen LogP contribution is 2.35. The molecule has 24 heavy (non-hydrogen) atoms. The number of likely N-dealkylation sites (tertiary alicyclic amines) is 1. The molecule has 2 aliphatic rings. The smallest absolute Gasteiger partial charge is 0.322 e. The van der Waals surface area contributed by atoms with Gasteiger partial charge in [0.1, 0.15) is 0 Å². The number of hydrogen-bond acceptors (Lipinski definition) is 3. The molecule has 2 fully saturated rings. The van der Waals surface area contributed by atoms with Crippen LogP contribution in [0.2, 0.25) is 0 Å². The molecule has 5 heteroatoms. The number of aryl methyl sites for hydroxylation is 1. The van der Waals surface area contributed by atoms with Crippen molar-refractivity contribution in [3.8, 4) is 0 Å². The molecule has 0 aromatic heterocycles. The van der Waals surface area contributed by atoms with Crippen LogP contribution in [0.4, 0.5) is 10.5 Å². The van der Waals surface area contributed by atoms with Crippen molar-refractivity contribution in [1.82, 2.24) is 4.90 Å². The molecular formula is C19H28N2O2S. The molecule has 2 amide bonds. The molecule has 0 radical (unpaired) electrons. The summed E-state index contributed by atoms with van der Waals surface area (Å²) in [5.74, 6) is 0. The van der Waals surface area contributed by atoms with Crippen molar-refractivity contribution in [2.45, 2.75) is 68.1 Å². The first kappa shape index (κ1) is 17.6. The topological polar surface area (TPSA) is 52.6 Å². The van der Waals surface area contributed by atoms with E-state index in [2.05, 4.69) is 17.4 Å². The predicted octanol–water partition coefficient (Wildman–Crippen LogP) is 4.41. The number of amides is 2. The number of carbonyl (C=O) groups is 1. The second-order valence-corrected chi connectivity index (χ2v) is 8.33. The summed E-state index contributed by atoms with van der Waals surface area (Å²) in [5, 5.41) is 13.1. The van der Waals surface area contributed by atoms with Crippen LogP contribution in [-0.4, -0.2) is 40.5 Å². The van der Waals surface area contributed by atoms with Gasteiger partial charge in [-0.1, -0.05) is 19.3 Å². The van der Waals surface area contributed by atoms with Crippen LogP contribution in [0.25, 0.3) is 0 Å². The molecule has 1 saturated carbocycles. The Morgan fingerprint density at radius 3 is 2.75 bits per heavy atom. The largest absolute Gasteiger partial charge is 0.394 e. The molecule has 1 atom stereocenters. The van der Waals surface area contributed by atoms with E-state index in [4.69, 9.17) is 0 Å². The van der Waals surface area contributed by atoms with Crippen LogP contribution in [0.5, 0.6) is 0 Å². The zero-order valence-electron chi connectivity index (χ0n) is 14.5. The number of urea groups is 1. The lowest BCUT2D eigenvalue weighted by atomic mass is 10.0. The van der Waals surface area contributed by atoms with E-state index < -0.39 is 0 Å². The zero-order valence-corrected chi connectivity index (χ0v) is 15.3. The van der Waals surface area contributed by atoms with E-state index in [1.54, 1.807) is 4.90 Å². The van der Waals surface area contributed by atoms with Crippen LogP contribution < -0.4 is 5.32 Å². The number of aliphatic hydroxyl groups excluding tert-OH is 1. The number of thioether (sulfide) groups is 1. The third kappa shape index (κ3) is 4.25. The van der Waals surface area contributed by atoms with Gasteiger partial charge in [0, 0.05) is 22.4 Å². The molecule has 0 unspecified atom stereocenters. The molecule has 132 valence electrons. The molecule has 1 aromatic rings. The summed E-state index contributed by atoms with van der Waals surface area (Å²) in [4.78, 5) is 15.5. The van der Waals surface area contributed by atoms with Crippen molar-refractivity contribution >= 4 is 23.5 Å². The number of carbonyl (C=O) groups excluding carboxylic acids is 1. The fourth-order valence-corrected chi connectivity index (χ4v) is 5.05. The number of aliphatic hydroxyl groups is 1. The van der Waals surface area contributed by atoms with Crippen molar-refractivity contribution in [1.29, 1.82) is 0 Å². The van der Waals surface area contributed by atoms with E-state index in [0.717, 1.165) is 35.9 Å². The highest BCUT2D eigenvalue weighted by atomic mass is 32.2. The fraction of sp³-hybridized carbons (Fsp3) is 0.632. The third-order valence-corrected chi connectivity index (χ3v) is 6.47. The molecule has 0 spiro atoms. The quantitative estimate of drug-likeness (QED) is 0.847. The minimum Gasteiger partial charge on any atom is -0.394 e. The SMILES string of the molecule is Cc1cc(SC2CCCCC2)ccc1NC(=O)N1CCC[C@@H]1CO. The second kappa shape index (κ2) is 8.26.